The van der Waals surface area contributed by atoms with Gasteiger partial charge in [0.05, 0.1) is 12.7 Å². The minimum atomic E-state index is 0.148. The number of rotatable bonds is 3. The van der Waals surface area contributed by atoms with Crippen molar-refractivity contribution in [2.75, 3.05) is 18.0 Å². The normalized spacial score (nSPS) is 18.3. The molecule has 3 heterocycles. The molecule has 1 atom stereocenters. The van der Waals surface area contributed by atoms with Crippen molar-refractivity contribution in [2.24, 2.45) is 0 Å². The van der Waals surface area contributed by atoms with Gasteiger partial charge in [0, 0.05) is 35.5 Å². The quantitative estimate of drug-likeness (QED) is 0.863. The van der Waals surface area contributed by atoms with E-state index in [2.05, 4.69) is 35.8 Å². The molecule has 2 aromatic rings. The van der Waals surface area contributed by atoms with Gasteiger partial charge in [0.25, 0.3) is 0 Å². The summed E-state index contributed by atoms with van der Waals surface area (Å²) in [6.45, 7) is 3.69. The first-order valence-electron chi connectivity index (χ1n) is 6.52. The summed E-state index contributed by atoms with van der Waals surface area (Å²) >= 11 is 3.40. The van der Waals surface area contributed by atoms with Gasteiger partial charge >= 0.3 is 0 Å². The summed E-state index contributed by atoms with van der Waals surface area (Å²) in [6.07, 6.45) is 6.38. The maximum absolute atomic E-state index is 5.95. The molecular formula is C14H15BrN4O. The number of halogens is 1. The third-order valence-electron chi connectivity index (χ3n) is 3.19. The fraction of sp³-hybridized carbons (Fsp3) is 0.357. The van der Waals surface area contributed by atoms with Crippen LogP contribution in [0.25, 0.3) is 0 Å². The van der Waals surface area contributed by atoms with E-state index in [1.807, 2.05) is 19.1 Å². The number of anilines is 1. The van der Waals surface area contributed by atoms with Crippen molar-refractivity contribution in [3.8, 4) is 5.75 Å². The molecular weight excluding hydrogens is 320 g/mol. The molecule has 2 aromatic heterocycles. The van der Waals surface area contributed by atoms with Crippen LogP contribution in [0.3, 0.4) is 0 Å². The predicted octanol–water partition coefficient (Wildman–Crippen LogP) is 2.60. The van der Waals surface area contributed by atoms with Crippen LogP contribution >= 0.6 is 15.9 Å². The van der Waals surface area contributed by atoms with Crippen molar-refractivity contribution in [1.29, 1.82) is 0 Å². The Balaban J connectivity index is 1.65. The van der Waals surface area contributed by atoms with Gasteiger partial charge in [-0.05, 0) is 35.0 Å². The third-order valence-corrected chi connectivity index (χ3v) is 3.63. The van der Waals surface area contributed by atoms with Gasteiger partial charge in [-0.25, -0.2) is 9.97 Å². The smallest absolute Gasteiger partial charge is 0.225 e. The van der Waals surface area contributed by atoms with Crippen molar-refractivity contribution < 1.29 is 4.74 Å². The third kappa shape index (κ3) is 3.07. The second-order valence-corrected chi connectivity index (χ2v) is 5.73. The van der Waals surface area contributed by atoms with Crippen LogP contribution in [0, 0.1) is 6.92 Å². The van der Waals surface area contributed by atoms with E-state index in [9.17, 15) is 0 Å². The van der Waals surface area contributed by atoms with E-state index in [1.165, 1.54) is 0 Å². The van der Waals surface area contributed by atoms with Gasteiger partial charge in [-0.3, -0.25) is 4.98 Å². The number of pyridine rings is 1. The zero-order valence-electron chi connectivity index (χ0n) is 11.2. The Hall–Kier alpha value is -1.69. The van der Waals surface area contributed by atoms with Gasteiger partial charge in [-0.15, -0.1) is 0 Å². The van der Waals surface area contributed by atoms with Crippen LogP contribution < -0.4 is 9.64 Å². The monoisotopic (exact) mass is 334 g/mol. The number of aryl methyl sites for hydroxylation is 1. The lowest BCUT2D eigenvalue weighted by Gasteiger charge is -2.17. The number of nitrogens with zero attached hydrogens (tertiary/aromatic N) is 4. The fourth-order valence-corrected chi connectivity index (χ4v) is 2.59. The van der Waals surface area contributed by atoms with Crippen LogP contribution in [0.5, 0.6) is 5.75 Å². The van der Waals surface area contributed by atoms with Crippen LogP contribution in [0.2, 0.25) is 0 Å². The first kappa shape index (κ1) is 13.3. The summed E-state index contributed by atoms with van der Waals surface area (Å²) in [5.74, 6) is 1.57. The average Bonchev–Trinajstić information content (AvgIpc) is 2.87. The van der Waals surface area contributed by atoms with E-state index in [0.29, 0.717) is 0 Å². The van der Waals surface area contributed by atoms with Crippen molar-refractivity contribution in [2.45, 2.75) is 19.4 Å². The molecule has 0 bridgehead atoms. The van der Waals surface area contributed by atoms with Crippen molar-refractivity contribution in [1.82, 2.24) is 15.0 Å². The Morgan fingerprint density at radius 1 is 1.40 bits per heavy atom. The van der Waals surface area contributed by atoms with Crippen molar-refractivity contribution >= 4 is 21.9 Å². The fourth-order valence-electron chi connectivity index (χ4n) is 2.24. The minimum absolute atomic E-state index is 0.148. The number of ether oxygens (including phenoxy) is 1. The second kappa shape index (κ2) is 5.75. The summed E-state index contributed by atoms with van der Waals surface area (Å²) in [7, 11) is 0. The van der Waals surface area contributed by atoms with E-state index >= 15 is 0 Å². The molecule has 5 nitrogen and oxygen atoms in total. The summed E-state index contributed by atoms with van der Waals surface area (Å²) in [6, 6.07) is 3.83. The van der Waals surface area contributed by atoms with Crippen molar-refractivity contribution in [3.05, 3.63) is 40.9 Å². The first-order valence-corrected chi connectivity index (χ1v) is 7.32. The molecule has 0 saturated carbocycles. The standard InChI is InChI=1S/C14H15BrN4O/c1-10-2-4-17-14(18-10)19-5-3-12(9-19)20-13-6-11(15)7-16-8-13/h2,4,6-8,12H,3,5,9H2,1H3/t12-/m1/s1. The molecule has 0 amide bonds. The SMILES string of the molecule is Cc1ccnc(N2CC[C@@H](Oc3cncc(Br)c3)C2)n1. The van der Waals surface area contributed by atoms with Crippen LogP contribution in [-0.4, -0.2) is 34.1 Å². The Kier molecular flexibility index (Phi) is 3.82. The van der Waals surface area contributed by atoms with Gasteiger partial charge in [0.1, 0.15) is 11.9 Å². The van der Waals surface area contributed by atoms with Gasteiger partial charge in [0.15, 0.2) is 0 Å². The Morgan fingerprint density at radius 2 is 2.30 bits per heavy atom. The molecule has 6 heteroatoms. The Labute approximate surface area is 126 Å². The molecule has 0 spiro atoms. The summed E-state index contributed by atoms with van der Waals surface area (Å²) < 4.78 is 6.87. The molecule has 3 rings (SSSR count). The molecule has 1 fully saturated rings. The molecule has 1 aliphatic rings. The zero-order chi connectivity index (χ0) is 13.9. The predicted molar refractivity (Wildman–Crippen MR) is 80.0 cm³/mol. The van der Waals surface area contributed by atoms with E-state index in [4.69, 9.17) is 4.74 Å². The number of hydrogen-bond donors (Lipinski definition) is 0. The molecule has 0 unspecified atom stereocenters. The van der Waals surface area contributed by atoms with E-state index in [-0.39, 0.29) is 6.10 Å². The minimum Gasteiger partial charge on any atom is -0.487 e. The highest BCUT2D eigenvalue weighted by molar-refractivity contribution is 9.10. The van der Waals surface area contributed by atoms with Gasteiger partial charge in [-0.1, -0.05) is 0 Å². The summed E-state index contributed by atoms with van der Waals surface area (Å²) in [5, 5.41) is 0. The largest absolute Gasteiger partial charge is 0.487 e. The highest BCUT2D eigenvalue weighted by atomic mass is 79.9. The lowest BCUT2D eigenvalue weighted by atomic mass is 10.3. The van der Waals surface area contributed by atoms with Crippen LogP contribution in [-0.2, 0) is 0 Å². The van der Waals surface area contributed by atoms with Crippen LogP contribution in [0.15, 0.2) is 35.2 Å². The molecule has 1 aliphatic heterocycles. The highest BCUT2D eigenvalue weighted by Gasteiger charge is 2.25. The number of hydrogen-bond acceptors (Lipinski definition) is 5. The van der Waals surface area contributed by atoms with E-state index in [1.54, 1.807) is 18.6 Å². The second-order valence-electron chi connectivity index (χ2n) is 4.81. The Morgan fingerprint density at radius 3 is 3.10 bits per heavy atom. The molecule has 20 heavy (non-hydrogen) atoms. The zero-order valence-corrected chi connectivity index (χ0v) is 12.7. The topological polar surface area (TPSA) is 51.1 Å². The number of aromatic nitrogens is 3. The van der Waals surface area contributed by atoms with Crippen LogP contribution in [0.4, 0.5) is 5.95 Å². The molecule has 0 radical (unpaired) electrons. The molecule has 0 aliphatic carbocycles. The summed E-state index contributed by atoms with van der Waals surface area (Å²) in [4.78, 5) is 15.0. The first-order chi connectivity index (χ1) is 9.70. The summed E-state index contributed by atoms with van der Waals surface area (Å²) in [5.41, 5.74) is 0.982. The Bertz CT molecular complexity index is 607. The lowest BCUT2D eigenvalue weighted by molar-refractivity contribution is 0.224. The maximum Gasteiger partial charge on any atom is 0.225 e. The van der Waals surface area contributed by atoms with E-state index < -0.39 is 0 Å². The van der Waals surface area contributed by atoms with Gasteiger partial charge in [-0.2, -0.15) is 0 Å². The highest BCUT2D eigenvalue weighted by Crippen LogP contribution is 2.22. The molecule has 104 valence electrons. The van der Waals surface area contributed by atoms with E-state index in [0.717, 1.165) is 41.4 Å². The maximum atomic E-state index is 5.95. The van der Waals surface area contributed by atoms with Crippen LogP contribution in [0.1, 0.15) is 12.1 Å². The molecule has 1 saturated heterocycles. The van der Waals surface area contributed by atoms with Gasteiger partial charge in [0.2, 0.25) is 5.95 Å². The van der Waals surface area contributed by atoms with Gasteiger partial charge < -0.3 is 9.64 Å². The molecule has 0 aromatic carbocycles. The van der Waals surface area contributed by atoms with Crippen molar-refractivity contribution in [3.63, 3.8) is 0 Å². The lowest BCUT2D eigenvalue weighted by Crippen LogP contribution is -2.26. The molecule has 0 N–H and O–H groups in total. The average molecular weight is 335 g/mol.